The van der Waals surface area contributed by atoms with Gasteiger partial charge in [-0.05, 0) is 31.0 Å². The van der Waals surface area contributed by atoms with Crippen LogP contribution < -0.4 is 10.0 Å². The number of hydrogen-bond donors (Lipinski definition) is 2. The fourth-order valence-electron chi connectivity index (χ4n) is 3.49. The monoisotopic (exact) mass is 484 g/mol. The van der Waals surface area contributed by atoms with Gasteiger partial charge in [0.1, 0.15) is 0 Å². The number of amides is 1. The quantitative estimate of drug-likeness (QED) is 0.424. The van der Waals surface area contributed by atoms with Crippen LogP contribution in [-0.4, -0.2) is 40.3 Å². The third-order valence-electron chi connectivity index (χ3n) is 5.03. The lowest BCUT2D eigenvalue weighted by Crippen LogP contribution is -2.14. The highest BCUT2D eigenvalue weighted by molar-refractivity contribution is 7.92. The molecular weight excluding hydrogens is 460 g/mol. The molecule has 3 heterocycles. The number of sulfonamides is 1. The van der Waals surface area contributed by atoms with E-state index >= 15 is 0 Å². The van der Waals surface area contributed by atoms with Crippen molar-refractivity contribution in [1.29, 1.82) is 0 Å². The van der Waals surface area contributed by atoms with Gasteiger partial charge in [-0.3, -0.25) is 19.5 Å². The summed E-state index contributed by atoms with van der Waals surface area (Å²) in [4.78, 5) is 22.4. The van der Waals surface area contributed by atoms with Crippen LogP contribution in [0.15, 0.2) is 35.7 Å². The predicted molar refractivity (Wildman–Crippen MR) is 131 cm³/mol. The zero-order valence-electron chi connectivity index (χ0n) is 18.9. The summed E-state index contributed by atoms with van der Waals surface area (Å²) >= 11 is 1.32. The van der Waals surface area contributed by atoms with E-state index in [9.17, 15) is 13.2 Å². The van der Waals surface area contributed by atoms with Gasteiger partial charge in [0, 0.05) is 29.4 Å². The van der Waals surface area contributed by atoms with E-state index in [1.165, 1.54) is 11.3 Å². The van der Waals surface area contributed by atoms with Crippen molar-refractivity contribution in [3.05, 3.63) is 52.7 Å². The molecule has 0 unspecified atom stereocenters. The molecule has 0 saturated carbocycles. The van der Waals surface area contributed by atoms with Crippen LogP contribution in [0.4, 0.5) is 10.8 Å². The summed E-state index contributed by atoms with van der Waals surface area (Å²) in [6.45, 7) is 5.92. The minimum atomic E-state index is -3.34. The Morgan fingerprint density at radius 3 is 2.48 bits per heavy atom. The van der Waals surface area contributed by atoms with Crippen molar-refractivity contribution in [2.24, 2.45) is 7.05 Å². The van der Waals surface area contributed by atoms with Gasteiger partial charge in [0.15, 0.2) is 10.8 Å². The van der Waals surface area contributed by atoms with Gasteiger partial charge in [0.25, 0.3) is 5.91 Å². The zero-order chi connectivity index (χ0) is 23.9. The smallest absolute Gasteiger partial charge is 0.258 e. The number of nitrogens with zero attached hydrogens (tertiary/aromatic N) is 4. The summed E-state index contributed by atoms with van der Waals surface area (Å²) in [6, 6.07) is 8.70. The summed E-state index contributed by atoms with van der Waals surface area (Å²) < 4.78 is 26.9. The van der Waals surface area contributed by atoms with Crippen LogP contribution in [0.2, 0.25) is 0 Å². The van der Waals surface area contributed by atoms with Crippen LogP contribution in [0, 0.1) is 6.92 Å². The third-order valence-corrected chi connectivity index (χ3v) is 6.40. The zero-order valence-corrected chi connectivity index (χ0v) is 20.5. The molecule has 0 spiro atoms. The number of nitrogens with one attached hydrogen (secondary N) is 2. The van der Waals surface area contributed by atoms with E-state index in [-0.39, 0.29) is 11.8 Å². The number of carbonyl (C=O) groups excluding carboxylic acids is 1. The van der Waals surface area contributed by atoms with E-state index < -0.39 is 10.0 Å². The summed E-state index contributed by atoms with van der Waals surface area (Å²) in [5, 5.41) is 10.4. The molecule has 1 amide bonds. The standard InChI is InChI=1S/C22H24N6O3S2/c1-12(2)17-10-16(19-13(3)26-28(4)20(19)23-17)21(29)25-22-24-18(11-32-22)14-6-8-15(9-7-14)27-33(5,30)31/h6-12,27H,1-5H3,(H,24,25,29). The maximum absolute atomic E-state index is 13.2. The number of aromatic nitrogens is 4. The second-order valence-electron chi connectivity index (χ2n) is 8.10. The lowest BCUT2D eigenvalue weighted by atomic mass is 10.0. The molecule has 2 N–H and O–H groups in total. The van der Waals surface area contributed by atoms with Gasteiger partial charge in [0.05, 0.1) is 28.6 Å². The maximum Gasteiger partial charge on any atom is 0.258 e. The maximum atomic E-state index is 13.2. The van der Waals surface area contributed by atoms with Crippen molar-refractivity contribution >= 4 is 49.1 Å². The van der Waals surface area contributed by atoms with Gasteiger partial charge in [0.2, 0.25) is 10.0 Å². The molecule has 4 aromatic rings. The van der Waals surface area contributed by atoms with E-state index in [0.29, 0.717) is 27.7 Å². The molecule has 3 aromatic heterocycles. The average Bonchev–Trinajstić information content (AvgIpc) is 3.31. The lowest BCUT2D eigenvalue weighted by molar-refractivity contribution is 0.102. The topological polar surface area (TPSA) is 119 Å². The number of pyridine rings is 1. The van der Waals surface area contributed by atoms with Crippen molar-refractivity contribution in [2.75, 3.05) is 16.3 Å². The minimum Gasteiger partial charge on any atom is -0.298 e. The van der Waals surface area contributed by atoms with E-state index in [1.807, 2.05) is 39.3 Å². The molecule has 172 valence electrons. The number of rotatable bonds is 6. The SMILES string of the molecule is Cc1nn(C)c2nc(C(C)C)cc(C(=O)Nc3nc(-c4ccc(NS(C)(=O)=O)cc4)cs3)c12. The summed E-state index contributed by atoms with van der Waals surface area (Å²) in [7, 11) is -1.52. The first-order chi connectivity index (χ1) is 15.5. The van der Waals surface area contributed by atoms with Crippen LogP contribution in [0.5, 0.6) is 0 Å². The van der Waals surface area contributed by atoms with Crippen molar-refractivity contribution in [3.63, 3.8) is 0 Å². The summed E-state index contributed by atoms with van der Waals surface area (Å²) in [5.41, 5.74) is 4.71. The summed E-state index contributed by atoms with van der Waals surface area (Å²) in [5.74, 6) is -0.114. The fourth-order valence-corrected chi connectivity index (χ4v) is 4.77. The number of benzene rings is 1. The van der Waals surface area contributed by atoms with Gasteiger partial charge >= 0.3 is 0 Å². The molecule has 0 saturated heterocycles. The normalized spacial score (nSPS) is 11.8. The fraction of sp³-hybridized carbons (Fsp3) is 0.273. The lowest BCUT2D eigenvalue weighted by Gasteiger charge is -2.10. The highest BCUT2D eigenvalue weighted by atomic mass is 32.2. The number of hydrogen-bond acceptors (Lipinski definition) is 7. The molecule has 0 atom stereocenters. The number of thiazole rings is 1. The first-order valence-corrected chi connectivity index (χ1v) is 13.0. The third kappa shape index (κ3) is 4.88. The number of aryl methyl sites for hydroxylation is 2. The Balaban J connectivity index is 1.60. The van der Waals surface area contributed by atoms with Crippen LogP contribution in [0.1, 0.15) is 41.5 Å². The van der Waals surface area contributed by atoms with E-state index in [2.05, 4.69) is 25.1 Å². The Kier molecular flexibility index (Phi) is 5.93. The molecule has 1 aromatic carbocycles. The number of carbonyl (C=O) groups is 1. The molecule has 0 aliphatic rings. The number of fused-ring (bicyclic) bond motifs is 1. The second-order valence-corrected chi connectivity index (χ2v) is 10.7. The Morgan fingerprint density at radius 2 is 1.85 bits per heavy atom. The van der Waals surface area contributed by atoms with Gasteiger partial charge < -0.3 is 0 Å². The van der Waals surface area contributed by atoms with Crippen molar-refractivity contribution < 1.29 is 13.2 Å². The van der Waals surface area contributed by atoms with Crippen molar-refractivity contribution in [1.82, 2.24) is 19.7 Å². The van der Waals surface area contributed by atoms with E-state index in [0.717, 1.165) is 28.6 Å². The van der Waals surface area contributed by atoms with Crippen molar-refractivity contribution in [2.45, 2.75) is 26.7 Å². The molecule has 0 aliphatic carbocycles. The van der Waals surface area contributed by atoms with Gasteiger partial charge in [-0.2, -0.15) is 5.10 Å². The van der Waals surface area contributed by atoms with E-state index in [4.69, 9.17) is 0 Å². The Morgan fingerprint density at radius 1 is 1.15 bits per heavy atom. The second kappa shape index (κ2) is 8.56. The molecule has 0 bridgehead atoms. The Hall–Kier alpha value is -3.31. The number of anilines is 2. The molecule has 9 nitrogen and oxygen atoms in total. The average molecular weight is 485 g/mol. The highest BCUT2D eigenvalue weighted by Crippen LogP contribution is 2.29. The highest BCUT2D eigenvalue weighted by Gasteiger charge is 2.20. The van der Waals surface area contributed by atoms with Crippen molar-refractivity contribution in [3.8, 4) is 11.3 Å². The van der Waals surface area contributed by atoms with Gasteiger partial charge in [-0.25, -0.2) is 18.4 Å². The summed E-state index contributed by atoms with van der Waals surface area (Å²) in [6.07, 6.45) is 1.10. The molecule has 0 aliphatic heterocycles. The van der Waals surface area contributed by atoms with E-state index in [1.54, 1.807) is 28.9 Å². The predicted octanol–water partition coefficient (Wildman–Crippen LogP) is 4.15. The van der Waals surface area contributed by atoms with Gasteiger partial charge in [-0.15, -0.1) is 11.3 Å². The Labute approximate surface area is 195 Å². The molecular formula is C22H24N6O3S2. The van der Waals surface area contributed by atoms with Crippen LogP contribution in [-0.2, 0) is 17.1 Å². The molecule has 4 rings (SSSR count). The first-order valence-electron chi connectivity index (χ1n) is 10.2. The van der Waals surface area contributed by atoms with Crippen LogP contribution >= 0.6 is 11.3 Å². The Bertz CT molecular complexity index is 1450. The molecule has 0 radical (unpaired) electrons. The largest absolute Gasteiger partial charge is 0.298 e. The van der Waals surface area contributed by atoms with Crippen LogP contribution in [0.3, 0.4) is 0 Å². The molecule has 0 fully saturated rings. The molecule has 11 heteroatoms. The van der Waals surface area contributed by atoms with Gasteiger partial charge in [-0.1, -0.05) is 26.0 Å². The molecule has 33 heavy (non-hydrogen) atoms. The minimum absolute atomic E-state index is 0.155. The van der Waals surface area contributed by atoms with Crippen LogP contribution in [0.25, 0.3) is 22.3 Å². The first kappa shape index (κ1) is 22.9.